The van der Waals surface area contributed by atoms with Gasteiger partial charge >= 0.3 is 6.18 Å². The van der Waals surface area contributed by atoms with E-state index in [9.17, 15) is 22.8 Å². The molecule has 0 bridgehead atoms. The number of pyridine rings is 2. The highest BCUT2D eigenvalue weighted by Gasteiger charge is 2.51. The first-order valence-electron chi connectivity index (χ1n) is 10.8. The zero-order valence-electron chi connectivity index (χ0n) is 18.6. The molecule has 1 fully saturated rings. The number of hydrogen-bond donors (Lipinski definition) is 3. The molecule has 2 heterocycles. The monoisotopic (exact) mass is 581 g/mol. The molecule has 0 saturated heterocycles. The van der Waals surface area contributed by atoms with Gasteiger partial charge < -0.3 is 16.4 Å². The average Bonchev–Trinajstić information content (AvgIpc) is 3.61. The third-order valence-corrected chi connectivity index (χ3v) is 6.72. The number of halogens is 5. The van der Waals surface area contributed by atoms with E-state index in [-0.39, 0.29) is 41.2 Å². The number of alkyl halides is 3. The molecular weight excluding hydrogens is 563 g/mol. The summed E-state index contributed by atoms with van der Waals surface area (Å²) in [5.74, 6) is -0.184. The molecule has 1 aliphatic rings. The number of carbonyl (C=O) groups excluding carboxylic acids is 2. The molecule has 1 amide bonds. The highest BCUT2D eigenvalue weighted by atomic mass is 79.9. The number of anilines is 3. The predicted octanol–water partition coefficient (Wildman–Crippen LogP) is 5.91. The SMILES string of the molecule is Nc1ncc(C(=O)CC2(C(=O)NCc3ccc(Nc4ccc(Cl)cc4C(F)(F)F)cn3)CC2)cc1Br. The van der Waals surface area contributed by atoms with Crippen molar-refractivity contribution in [3.05, 3.63) is 75.1 Å². The van der Waals surface area contributed by atoms with Gasteiger partial charge in [0, 0.05) is 23.2 Å². The standard InChI is InChI=1S/C24H20BrClF3N5O2/c25-18-7-13(10-32-21(18)30)20(35)9-23(5-6-23)22(36)33-11-15-2-3-16(12-31-15)34-19-4-1-14(26)8-17(19)24(27,28)29/h1-4,7-8,10,12,34H,5-6,9,11H2,(H2,30,32)(H,33,36). The van der Waals surface area contributed by atoms with E-state index in [1.165, 1.54) is 24.5 Å². The molecule has 1 saturated carbocycles. The lowest BCUT2D eigenvalue weighted by Crippen LogP contribution is -2.33. The second kappa shape index (κ2) is 10.1. The maximum absolute atomic E-state index is 13.3. The minimum atomic E-state index is -4.58. The molecule has 4 N–H and O–H groups in total. The number of nitrogens with two attached hydrogens (primary N) is 1. The highest BCUT2D eigenvalue weighted by Crippen LogP contribution is 2.49. The Morgan fingerprint density at radius 2 is 1.86 bits per heavy atom. The molecule has 0 atom stereocenters. The second-order valence-electron chi connectivity index (χ2n) is 8.50. The molecule has 12 heteroatoms. The molecule has 1 aromatic carbocycles. The van der Waals surface area contributed by atoms with Crippen LogP contribution >= 0.6 is 27.5 Å². The van der Waals surface area contributed by atoms with Crippen LogP contribution in [-0.2, 0) is 17.5 Å². The van der Waals surface area contributed by atoms with Gasteiger partial charge in [-0.3, -0.25) is 14.6 Å². The maximum Gasteiger partial charge on any atom is 0.418 e. The number of ketones is 1. The fourth-order valence-corrected chi connectivity index (χ4v) is 4.14. The van der Waals surface area contributed by atoms with Crippen LogP contribution in [0, 0.1) is 5.41 Å². The van der Waals surface area contributed by atoms with Gasteiger partial charge in [0.2, 0.25) is 5.91 Å². The van der Waals surface area contributed by atoms with E-state index in [1.54, 1.807) is 18.2 Å². The lowest BCUT2D eigenvalue weighted by Gasteiger charge is -2.16. The summed E-state index contributed by atoms with van der Waals surface area (Å²) in [5, 5.41) is 5.47. The smallest absolute Gasteiger partial charge is 0.383 e. The Bertz CT molecular complexity index is 1310. The van der Waals surface area contributed by atoms with Gasteiger partial charge in [0.25, 0.3) is 0 Å². The van der Waals surface area contributed by atoms with Crippen LogP contribution in [0.25, 0.3) is 0 Å². The van der Waals surface area contributed by atoms with E-state index in [0.29, 0.717) is 34.3 Å². The zero-order valence-corrected chi connectivity index (χ0v) is 21.0. The summed E-state index contributed by atoms with van der Waals surface area (Å²) in [6.45, 7) is 0.110. The van der Waals surface area contributed by atoms with Gasteiger partial charge in [0.05, 0.1) is 45.3 Å². The van der Waals surface area contributed by atoms with Gasteiger partial charge in [-0.25, -0.2) is 4.98 Å². The summed E-state index contributed by atoms with van der Waals surface area (Å²) in [7, 11) is 0. The predicted molar refractivity (Wildman–Crippen MR) is 133 cm³/mol. The third kappa shape index (κ3) is 5.96. The zero-order chi connectivity index (χ0) is 26.1. The number of hydrogen-bond acceptors (Lipinski definition) is 6. The van der Waals surface area contributed by atoms with E-state index in [1.807, 2.05) is 0 Å². The van der Waals surface area contributed by atoms with Crippen molar-refractivity contribution in [2.45, 2.75) is 32.0 Å². The molecule has 2 aromatic heterocycles. The molecule has 0 spiro atoms. The van der Waals surface area contributed by atoms with Crippen molar-refractivity contribution in [2.75, 3.05) is 11.1 Å². The van der Waals surface area contributed by atoms with E-state index < -0.39 is 17.2 Å². The Hall–Kier alpha value is -3.18. The van der Waals surface area contributed by atoms with Crippen molar-refractivity contribution in [3.8, 4) is 0 Å². The fourth-order valence-electron chi connectivity index (χ4n) is 3.62. The number of rotatable bonds is 8. The van der Waals surface area contributed by atoms with Gasteiger partial charge in [-0.15, -0.1) is 0 Å². The van der Waals surface area contributed by atoms with Crippen molar-refractivity contribution >= 4 is 56.4 Å². The Morgan fingerprint density at radius 1 is 1.11 bits per heavy atom. The van der Waals surface area contributed by atoms with E-state index in [4.69, 9.17) is 17.3 Å². The van der Waals surface area contributed by atoms with Crippen LogP contribution in [0.15, 0.2) is 53.3 Å². The minimum absolute atomic E-state index is 0.0229. The van der Waals surface area contributed by atoms with E-state index >= 15 is 0 Å². The van der Waals surface area contributed by atoms with E-state index in [0.717, 1.165) is 6.07 Å². The Kier molecular flexibility index (Phi) is 7.24. The van der Waals surface area contributed by atoms with Gasteiger partial charge in [-0.2, -0.15) is 13.2 Å². The molecule has 0 radical (unpaired) electrons. The van der Waals surface area contributed by atoms with Gasteiger partial charge in [0.15, 0.2) is 5.78 Å². The van der Waals surface area contributed by atoms with Crippen LogP contribution in [0.3, 0.4) is 0 Å². The van der Waals surface area contributed by atoms with Gasteiger partial charge in [-0.1, -0.05) is 11.6 Å². The Morgan fingerprint density at radius 3 is 2.47 bits per heavy atom. The van der Waals surface area contributed by atoms with E-state index in [2.05, 4.69) is 36.5 Å². The first-order chi connectivity index (χ1) is 17.0. The number of amides is 1. The number of Topliss-reactive ketones (excluding diaryl/α,β-unsaturated/α-hetero) is 1. The number of nitrogens with one attached hydrogen (secondary N) is 2. The summed E-state index contributed by atoms with van der Waals surface area (Å²) in [6, 6.07) is 8.19. The largest absolute Gasteiger partial charge is 0.418 e. The number of nitrogen functional groups attached to an aromatic ring is 1. The molecule has 0 aliphatic heterocycles. The highest BCUT2D eigenvalue weighted by molar-refractivity contribution is 9.10. The van der Waals surface area contributed by atoms with Gasteiger partial charge in [0.1, 0.15) is 5.82 Å². The molecule has 4 rings (SSSR count). The van der Waals surface area contributed by atoms with Crippen molar-refractivity contribution in [3.63, 3.8) is 0 Å². The van der Waals surface area contributed by atoms with Crippen LogP contribution in [-0.4, -0.2) is 21.7 Å². The van der Waals surface area contributed by atoms with Gasteiger partial charge in [-0.05, 0) is 65.2 Å². The van der Waals surface area contributed by atoms with Crippen LogP contribution in [0.1, 0.15) is 40.9 Å². The topological polar surface area (TPSA) is 110 Å². The lowest BCUT2D eigenvalue weighted by molar-refractivity contribution is -0.137. The summed E-state index contributed by atoms with van der Waals surface area (Å²) in [6.07, 6.45) is -0.585. The first-order valence-corrected chi connectivity index (χ1v) is 12.0. The normalized spacial score (nSPS) is 14.2. The second-order valence-corrected chi connectivity index (χ2v) is 9.80. The molecule has 0 unspecified atom stereocenters. The molecule has 7 nitrogen and oxygen atoms in total. The summed E-state index contributed by atoms with van der Waals surface area (Å²) >= 11 is 8.95. The molecular formula is C24H20BrClF3N5O2. The lowest BCUT2D eigenvalue weighted by atomic mass is 9.95. The first kappa shape index (κ1) is 25.9. The summed E-state index contributed by atoms with van der Waals surface area (Å²) in [5.41, 5.74) is 5.06. The maximum atomic E-state index is 13.3. The van der Waals surface area contributed by atoms with Crippen LogP contribution in [0.4, 0.5) is 30.4 Å². The van der Waals surface area contributed by atoms with Crippen molar-refractivity contribution in [1.29, 1.82) is 0 Å². The average molecular weight is 583 g/mol. The van der Waals surface area contributed by atoms with Crippen molar-refractivity contribution in [1.82, 2.24) is 15.3 Å². The van der Waals surface area contributed by atoms with Crippen molar-refractivity contribution in [2.24, 2.45) is 5.41 Å². The Labute approximate surface area is 217 Å². The quantitative estimate of drug-likeness (QED) is 0.285. The minimum Gasteiger partial charge on any atom is -0.383 e. The molecule has 36 heavy (non-hydrogen) atoms. The molecule has 3 aromatic rings. The third-order valence-electron chi connectivity index (χ3n) is 5.85. The number of nitrogens with zero attached hydrogens (tertiary/aromatic N) is 2. The molecule has 1 aliphatic carbocycles. The van der Waals surface area contributed by atoms with Crippen molar-refractivity contribution < 1.29 is 22.8 Å². The summed E-state index contributed by atoms with van der Waals surface area (Å²) < 4.78 is 40.4. The number of benzene rings is 1. The number of carbonyl (C=O) groups is 2. The van der Waals surface area contributed by atoms with Crippen LogP contribution in [0.2, 0.25) is 5.02 Å². The van der Waals surface area contributed by atoms with Crippen LogP contribution < -0.4 is 16.4 Å². The Balaban J connectivity index is 1.35. The number of aromatic nitrogens is 2. The fraction of sp³-hybridized carbons (Fsp3) is 0.250. The van der Waals surface area contributed by atoms with Crippen LogP contribution in [0.5, 0.6) is 0 Å². The summed E-state index contributed by atoms with van der Waals surface area (Å²) in [4.78, 5) is 33.6. The molecule has 188 valence electrons.